The van der Waals surface area contributed by atoms with Crippen LogP contribution in [0.5, 0.6) is 0 Å². The van der Waals surface area contributed by atoms with Gasteiger partial charge in [-0.15, -0.1) is 0 Å². The van der Waals surface area contributed by atoms with Crippen molar-refractivity contribution in [2.24, 2.45) is 5.41 Å². The molecule has 0 aliphatic rings. The fourth-order valence-electron chi connectivity index (χ4n) is 1.59. The summed E-state index contributed by atoms with van der Waals surface area (Å²) in [4.78, 5) is 33.0. The van der Waals surface area contributed by atoms with Crippen LogP contribution in [0.25, 0.3) is 0 Å². The molecule has 0 amide bonds. The molecule has 7 nitrogen and oxygen atoms in total. The summed E-state index contributed by atoms with van der Waals surface area (Å²) in [5, 5.41) is 17.8. The molecule has 0 spiro atoms. The molecule has 98 valence electrons. The van der Waals surface area contributed by atoms with Gasteiger partial charge in [0.05, 0.1) is 0 Å². The van der Waals surface area contributed by atoms with E-state index in [0.717, 1.165) is 4.90 Å². The number of hydrogen-bond donors (Lipinski definition) is 2. The topological polar surface area (TPSA) is 104 Å². The van der Waals surface area contributed by atoms with Crippen LogP contribution in [0.4, 0.5) is 0 Å². The van der Waals surface area contributed by atoms with Crippen LogP contribution in [0.2, 0.25) is 0 Å². The van der Waals surface area contributed by atoms with E-state index in [1.165, 1.54) is 0 Å². The maximum atomic E-state index is 11.2. The van der Waals surface area contributed by atoms with Gasteiger partial charge in [0.25, 0.3) is 6.47 Å². The zero-order valence-electron chi connectivity index (χ0n) is 10.0. The van der Waals surface area contributed by atoms with E-state index in [-0.39, 0.29) is 13.2 Å². The maximum absolute atomic E-state index is 11.2. The first kappa shape index (κ1) is 15.4. The Morgan fingerprint density at radius 2 is 1.88 bits per heavy atom. The number of carbonyl (C=O) groups excluding carboxylic acids is 1. The molecule has 0 aromatic rings. The Balaban J connectivity index is 4.99. The molecule has 0 aliphatic heterocycles. The van der Waals surface area contributed by atoms with Gasteiger partial charge < -0.3 is 14.9 Å². The number of ether oxygens (including phenoxy) is 1. The third-order valence-electron chi connectivity index (χ3n) is 2.07. The second-order valence-electron chi connectivity index (χ2n) is 4.64. The summed E-state index contributed by atoms with van der Waals surface area (Å²) in [6.07, 6.45) is 0. The number of aliphatic carboxylic acids is 2. The van der Waals surface area contributed by atoms with Gasteiger partial charge in [0.1, 0.15) is 19.3 Å². The highest BCUT2D eigenvalue weighted by Crippen LogP contribution is 2.24. The standard InChI is InChI=1S/C10H17NO6/c1-10(2,3)8(9(15)16)11(4-7(13)14)5-17-6-12/h6,8H,4-5H2,1-3H3,(H,13,14)(H,15,16). The fourth-order valence-corrected chi connectivity index (χ4v) is 1.59. The van der Waals surface area contributed by atoms with Gasteiger partial charge in [-0.2, -0.15) is 0 Å². The normalized spacial score (nSPS) is 13.2. The molecule has 7 heteroatoms. The van der Waals surface area contributed by atoms with E-state index >= 15 is 0 Å². The third-order valence-corrected chi connectivity index (χ3v) is 2.07. The first-order valence-corrected chi connectivity index (χ1v) is 4.94. The van der Waals surface area contributed by atoms with Gasteiger partial charge in [-0.05, 0) is 5.41 Å². The van der Waals surface area contributed by atoms with Crippen LogP contribution in [0, 0.1) is 5.41 Å². The predicted molar refractivity (Wildman–Crippen MR) is 57.2 cm³/mol. The van der Waals surface area contributed by atoms with Crippen molar-refractivity contribution < 1.29 is 29.3 Å². The lowest BCUT2D eigenvalue weighted by atomic mass is 9.86. The monoisotopic (exact) mass is 247 g/mol. The highest BCUT2D eigenvalue weighted by molar-refractivity contribution is 5.76. The second kappa shape index (κ2) is 6.19. The Morgan fingerprint density at radius 1 is 1.35 bits per heavy atom. The molecule has 0 rings (SSSR count). The van der Waals surface area contributed by atoms with Crippen molar-refractivity contribution in [3.05, 3.63) is 0 Å². The lowest BCUT2D eigenvalue weighted by Crippen LogP contribution is -2.51. The minimum absolute atomic E-state index is 0.149. The van der Waals surface area contributed by atoms with Crippen LogP contribution in [-0.2, 0) is 19.1 Å². The average Bonchev–Trinajstić information content (AvgIpc) is 2.10. The van der Waals surface area contributed by atoms with Crippen LogP contribution in [0.15, 0.2) is 0 Å². The third kappa shape index (κ3) is 5.30. The van der Waals surface area contributed by atoms with Crippen LogP contribution in [0.3, 0.4) is 0 Å². The lowest BCUT2D eigenvalue weighted by molar-refractivity contribution is -0.158. The second-order valence-corrected chi connectivity index (χ2v) is 4.64. The first-order valence-electron chi connectivity index (χ1n) is 4.94. The molecule has 0 fully saturated rings. The molecule has 0 saturated heterocycles. The molecule has 2 N–H and O–H groups in total. The summed E-state index contributed by atoms with van der Waals surface area (Å²) < 4.78 is 4.44. The Hall–Kier alpha value is -1.63. The van der Waals surface area contributed by atoms with Crippen molar-refractivity contribution in [1.82, 2.24) is 4.90 Å². The molecule has 0 aliphatic carbocycles. The van der Waals surface area contributed by atoms with Crippen molar-refractivity contribution in [2.45, 2.75) is 26.8 Å². The zero-order chi connectivity index (χ0) is 13.6. The highest BCUT2D eigenvalue weighted by Gasteiger charge is 2.37. The zero-order valence-corrected chi connectivity index (χ0v) is 10.0. The van der Waals surface area contributed by atoms with Crippen molar-refractivity contribution in [3.63, 3.8) is 0 Å². The van der Waals surface area contributed by atoms with Crippen molar-refractivity contribution in [1.29, 1.82) is 0 Å². The van der Waals surface area contributed by atoms with E-state index in [0.29, 0.717) is 0 Å². The smallest absolute Gasteiger partial charge is 0.321 e. The van der Waals surface area contributed by atoms with Gasteiger partial charge in [-0.3, -0.25) is 14.4 Å². The van der Waals surface area contributed by atoms with Gasteiger partial charge in [0.15, 0.2) is 0 Å². The Morgan fingerprint density at radius 3 is 2.18 bits per heavy atom. The SMILES string of the molecule is CC(C)(C)C(C(=O)O)N(COC=O)CC(=O)O. The first-order chi connectivity index (χ1) is 7.70. The lowest BCUT2D eigenvalue weighted by Gasteiger charge is -2.35. The summed E-state index contributed by atoms with van der Waals surface area (Å²) in [5.41, 5.74) is -0.687. The molecule has 0 heterocycles. The van der Waals surface area contributed by atoms with Gasteiger partial charge in [-0.25, -0.2) is 4.90 Å². The highest BCUT2D eigenvalue weighted by atomic mass is 16.5. The van der Waals surface area contributed by atoms with Gasteiger partial charge in [0, 0.05) is 0 Å². The van der Waals surface area contributed by atoms with Crippen molar-refractivity contribution >= 4 is 18.4 Å². The molecule has 0 radical (unpaired) electrons. The molecule has 17 heavy (non-hydrogen) atoms. The minimum atomic E-state index is -1.19. The maximum Gasteiger partial charge on any atom is 0.321 e. The minimum Gasteiger partial charge on any atom is -0.480 e. The number of rotatable bonds is 7. The number of carboxylic acid groups (broad SMARTS) is 2. The molecule has 0 aromatic carbocycles. The number of carboxylic acids is 2. The summed E-state index contributed by atoms with van der Waals surface area (Å²) in [5.74, 6) is -2.34. The van der Waals surface area contributed by atoms with Crippen LogP contribution in [0.1, 0.15) is 20.8 Å². The molecule has 0 aromatic heterocycles. The summed E-state index contributed by atoms with van der Waals surface area (Å²) >= 11 is 0. The molecule has 0 saturated carbocycles. The Bertz CT molecular complexity index is 296. The van der Waals surface area contributed by atoms with Gasteiger partial charge in [-0.1, -0.05) is 20.8 Å². The number of hydrogen-bond acceptors (Lipinski definition) is 5. The number of carbonyl (C=O) groups is 3. The molecule has 1 unspecified atom stereocenters. The fraction of sp³-hybridized carbons (Fsp3) is 0.700. The Kier molecular flexibility index (Phi) is 5.60. The van der Waals surface area contributed by atoms with E-state index in [9.17, 15) is 14.4 Å². The molecular weight excluding hydrogens is 230 g/mol. The molecular formula is C10H17NO6. The van der Waals surface area contributed by atoms with Crippen molar-refractivity contribution in [3.8, 4) is 0 Å². The molecule has 0 bridgehead atoms. The summed E-state index contributed by atoms with van der Waals surface area (Å²) in [7, 11) is 0. The molecule has 1 atom stereocenters. The van der Waals surface area contributed by atoms with Gasteiger partial charge >= 0.3 is 11.9 Å². The van der Waals surface area contributed by atoms with Crippen LogP contribution in [-0.4, -0.2) is 52.8 Å². The average molecular weight is 247 g/mol. The van der Waals surface area contributed by atoms with E-state index in [1.54, 1.807) is 20.8 Å². The van der Waals surface area contributed by atoms with Gasteiger partial charge in [0.2, 0.25) is 0 Å². The van der Waals surface area contributed by atoms with E-state index in [1.807, 2.05) is 0 Å². The van der Waals surface area contributed by atoms with Crippen molar-refractivity contribution in [2.75, 3.05) is 13.3 Å². The predicted octanol–water partition coefficient (Wildman–Crippen LogP) is 0.00280. The summed E-state index contributed by atoms with van der Waals surface area (Å²) in [6, 6.07) is -1.06. The van der Waals surface area contributed by atoms with Crippen LogP contribution >= 0.6 is 0 Å². The van der Waals surface area contributed by atoms with E-state index in [4.69, 9.17) is 10.2 Å². The largest absolute Gasteiger partial charge is 0.480 e. The number of nitrogens with zero attached hydrogens (tertiary/aromatic N) is 1. The summed E-state index contributed by atoms with van der Waals surface area (Å²) in [6.45, 7) is 4.27. The van der Waals surface area contributed by atoms with E-state index in [2.05, 4.69) is 4.74 Å². The van der Waals surface area contributed by atoms with Crippen LogP contribution < -0.4 is 0 Å². The quantitative estimate of drug-likeness (QED) is 0.482. The Labute approximate surface area is 99.0 Å². The van der Waals surface area contributed by atoms with E-state index < -0.39 is 29.9 Å².